The van der Waals surface area contributed by atoms with Crippen LogP contribution in [0.1, 0.15) is 40.5 Å². The van der Waals surface area contributed by atoms with Gasteiger partial charge in [-0.05, 0) is 50.1 Å². The lowest BCUT2D eigenvalue weighted by Crippen LogP contribution is -2.36. The number of halogens is 1. The van der Waals surface area contributed by atoms with Crippen LogP contribution in [0.2, 0.25) is 0 Å². The van der Waals surface area contributed by atoms with Gasteiger partial charge in [0.15, 0.2) is 5.95 Å². The van der Waals surface area contributed by atoms with Crippen LogP contribution >= 0.6 is 0 Å². The molecular weight excluding hydrogens is 333 g/mol. The minimum atomic E-state index is -0.221. The van der Waals surface area contributed by atoms with E-state index >= 15 is 0 Å². The molecule has 1 aromatic carbocycles. The first kappa shape index (κ1) is 18.3. The molecule has 0 unspecified atom stereocenters. The van der Waals surface area contributed by atoms with Gasteiger partial charge in [0.1, 0.15) is 0 Å². The summed E-state index contributed by atoms with van der Waals surface area (Å²) in [4.78, 5) is 27.5. The normalized spacial score (nSPS) is 16.7. The van der Waals surface area contributed by atoms with Gasteiger partial charge >= 0.3 is 0 Å². The lowest BCUT2D eigenvalue weighted by atomic mass is 10.1. The number of amides is 2. The van der Waals surface area contributed by atoms with E-state index in [9.17, 15) is 14.0 Å². The van der Waals surface area contributed by atoms with E-state index in [0.717, 1.165) is 25.0 Å². The molecule has 0 saturated carbocycles. The van der Waals surface area contributed by atoms with Gasteiger partial charge in [-0.2, -0.15) is 4.39 Å². The first-order valence-electron chi connectivity index (χ1n) is 9.09. The molecule has 138 valence electrons. The highest BCUT2D eigenvalue weighted by atomic mass is 19.1. The molecule has 0 radical (unpaired) electrons. The topological polar surface area (TPSA) is 52.6 Å². The fourth-order valence-corrected chi connectivity index (χ4v) is 3.25. The SMILES string of the molecule is CCN1CC=C(CCCNCCN2C(=O)c3ccccc3C2=O)C=C1F. The molecule has 1 aromatic rings. The number of carbonyl (C=O) groups is 2. The summed E-state index contributed by atoms with van der Waals surface area (Å²) >= 11 is 0. The highest BCUT2D eigenvalue weighted by Crippen LogP contribution is 2.22. The Morgan fingerprint density at radius 1 is 1.12 bits per heavy atom. The number of allylic oxidation sites excluding steroid dienone is 2. The lowest BCUT2D eigenvalue weighted by molar-refractivity contribution is 0.0655. The van der Waals surface area contributed by atoms with Crippen molar-refractivity contribution in [1.29, 1.82) is 0 Å². The number of nitrogens with one attached hydrogen (secondary N) is 1. The summed E-state index contributed by atoms with van der Waals surface area (Å²) in [6, 6.07) is 6.91. The average molecular weight is 357 g/mol. The molecule has 2 aliphatic rings. The quantitative estimate of drug-likeness (QED) is 0.442. The van der Waals surface area contributed by atoms with Crippen molar-refractivity contribution in [1.82, 2.24) is 15.1 Å². The van der Waals surface area contributed by atoms with Crippen molar-refractivity contribution >= 4 is 11.8 Å². The Morgan fingerprint density at radius 3 is 2.42 bits per heavy atom. The summed E-state index contributed by atoms with van der Waals surface area (Å²) in [5.74, 6) is -0.606. The number of nitrogens with zero attached hydrogens (tertiary/aromatic N) is 2. The molecule has 2 heterocycles. The van der Waals surface area contributed by atoms with Crippen LogP contribution < -0.4 is 5.32 Å². The zero-order valence-electron chi connectivity index (χ0n) is 15.0. The third kappa shape index (κ3) is 3.85. The molecule has 1 N–H and O–H groups in total. The summed E-state index contributed by atoms with van der Waals surface area (Å²) in [5, 5.41) is 3.25. The van der Waals surface area contributed by atoms with Crippen LogP contribution in [-0.4, -0.2) is 54.3 Å². The Hall–Kier alpha value is -2.47. The second-order valence-corrected chi connectivity index (χ2v) is 6.45. The molecular formula is C20H24FN3O2. The summed E-state index contributed by atoms with van der Waals surface area (Å²) in [5.41, 5.74) is 1.99. The molecule has 2 aliphatic heterocycles. The van der Waals surface area contributed by atoms with Crippen LogP contribution in [0.5, 0.6) is 0 Å². The summed E-state index contributed by atoms with van der Waals surface area (Å²) in [7, 11) is 0. The number of rotatable bonds is 8. The number of carbonyl (C=O) groups excluding carboxylic acids is 2. The third-order valence-corrected chi connectivity index (χ3v) is 4.77. The molecule has 3 rings (SSSR count). The maximum atomic E-state index is 13.7. The predicted octanol–water partition coefficient (Wildman–Crippen LogP) is 2.73. The fraction of sp³-hybridized carbons (Fsp3) is 0.400. The van der Waals surface area contributed by atoms with E-state index in [1.807, 2.05) is 6.92 Å². The molecule has 0 spiro atoms. The summed E-state index contributed by atoms with van der Waals surface area (Å²) in [6.45, 7) is 4.90. The van der Waals surface area contributed by atoms with Gasteiger partial charge in [0.05, 0.1) is 11.1 Å². The minimum Gasteiger partial charge on any atom is -0.345 e. The smallest absolute Gasteiger partial charge is 0.261 e. The van der Waals surface area contributed by atoms with Crippen LogP contribution in [0, 0.1) is 0 Å². The maximum absolute atomic E-state index is 13.7. The van der Waals surface area contributed by atoms with E-state index in [0.29, 0.717) is 37.3 Å². The predicted molar refractivity (Wildman–Crippen MR) is 98.4 cm³/mol. The van der Waals surface area contributed by atoms with Crippen LogP contribution in [0.4, 0.5) is 4.39 Å². The Kier molecular flexibility index (Phi) is 5.83. The highest BCUT2D eigenvalue weighted by molar-refractivity contribution is 6.21. The van der Waals surface area contributed by atoms with E-state index in [4.69, 9.17) is 0 Å². The van der Waals surface area contributed by atoms with Crippen molar-refractivity contribution in [2.24, 2.45) is 0 Å². The van der Waals surface area contributed by atoms with Crippen LogP contribution in [0.15, 0.2) is 47.9 Å². The number of hydrogen-bond donors (Lipinski definition) is 1. The van der Waals surface area contributed by atoms with Gasteiger partial charge in [-0.15, -0.1) is 0 Å². The zero-order chi connectivity index (χ0) is 18.5. The summed E-state index contributed by atoms with van der Waals surface area (Å²) < 4.78 is 13.7. The zero-order valence-corrected chi connectivity index (χ0v) is 15.0. The van der Waals surface area contributed by atoms with Crippen molar-refractivity contribution in [2.75, 3.05) is 32.7 Å². The fourth-order valence-electron chi connectivity index (χ4n) is 3.25. The van der Waals surface area contributed by atoms with Gasteiger partial charge < -0.3 is 10.2 Å². The molecule has 0 aromatic heterocycles. The Balaban J connectivity index is 1.36. The minimum absolute atomic E-state index is 0.163. The third-order valence-electron chi connectivity index (χ3n) is 4.77. The number of likely N-dealkylation sites (N-methyl/N-ethyl adjacent to an activating group) is 1. The molecule has 0 saturated heterocycles. The molecule has 0 bridgehead atoms. The Bertz CT molecular complexity index is 722. The largest absolute Gasteiger partial charge is 0.345 e. The van der Waals surface area contributed by atoms with Crippen LogP contribution in [0.3, 0.4) is 0 Å². The number of hydrogen-bond acceptors (Lipinski definition) is 4. The molecule has 0 aliphatic carbocycles. The second kappa shape index (κ2) is 8.27. The van der Waals surface area contributed by atoms with Crippen LogP contribution in [0.25, 0.3) is 0 Å². The standard InChI is InChI=1S/C20H24FN3O2/c1-2-23-12-9-15(14-18(23)21)6-5-10-22-11-13-24-19(25)16-7-3-4-8-17(16)20(24)26/h3-4,7-9,14,22H,2,5-6,10-13H2,1H3. The van der Waals surface area contributed by atoms with Gasteiger partial charge in [0.25, 0.3) is 11.8 Å². The van der Waals surface area contributed by atoms with Gasteiger partial charge in [-0.3, -0.25) is 14.5 Å². The van der Waals surface area contributed by atoms with Gasteiger partial charge in [0, 0.05) is 26.2 Å². The average Bonchev–Trinajstić information content (AvgIpc) is 2.89. The van der Waals surface area contributed by atoms with Crippen molar-refractivity contribution in [3.8, 4) is 0 Å². The number of benzene rings is 1. The van der Waals surface area contributed by atoms with E-state index in [1.54, 1.807) is 35.2 Å². The monoisotopic (exact) mass is 357 g/mol. The second-order valence-electron chi connectivity index (χ2n) is 6.45. The van der Waals surface area contributed by atoms with Crippen molar-refractivity contribution in [3.05, 3.63) is 59.1 Å². The maximum Gasteiger partial charge on any atom is 0.261 e. The van der Waals surface area contributed by atoms with Crippen molar-refractivity contribution in [3.63, 3.8) is 0 Å². The number of fused-ring (bicyclic) bond motifs is 1. The first-order valence-corrected chi connectivity index (χ1v) is 9.09. The Labute approximate surface area is 153 Å². The molecule has 0 fully saturated rings. The van der Waals surface area contributed by atoms with Crippen molar-refractivity contribution < 1.29 is 14.0 Å². The van der Waals surface area contributed by atoms with Gasteiger partial charge in [-0.1, -0.05) is 18.2 Å². The number of imide groups is 1. The van der Waals surface area contributed by atoms with Gasteiger partial charge in [0.2, 0.25) is 0 Å². The van der Waals surface area contributed by atoms with E-state index in [2.05, 4.69) is 11.4 Å². The molecule has 26 heavy (non-hydrogen) atoms. The molecule has 0 atom stereocenters. The highest BCUT2D eigenvalue weighted by Gasteiger charge is 2.34. The van der Waals surface area contributed by atoms with Crippen LogP contribution in [-0.2, 0) is 0 Å². The van der Waals surface area contributed by atoms with Gasteiger partial charge in [-0.25, -0.2) is 0 Å². The van der Waals surface area contributed by atoms with Crippen molar-refractivity contribution in [2.45, 2.75) is 19.8 Å². The first-order chi connectivity index (χ1) is 12.6. The summed E-state index contributed by atoms with van der Waals surface area (Å²) in [6.07, 6.45) is 5.35. The molecule has 2 amide bonds. The molecule has 6 heteroatoms. The van der Waals surface area contributed by atoms with E-state index in [1.165, 1.54) is 4.90 Å². The Morgan fingerprint density at radius 2 is 1.81 bits per heavy atom. The van der Waals surface area contributed by atoms with E-state index in [-0.39, 0.29) is 17.8 Å². The molecule has 5 nitrogen and oxygen atoms in total. The van der Waals surface area contributed by atoms with E-state index < -0.39 is 0 Å². The lowest BCUT2D eigenvalue weighted by Gasteiger charge is -2.23.